The lowest BCUT2D eigenvalue weighted by atomic mass is 10.1. The maximum Gasteiger partial charge on any atom is 0.183 e. The molecule has 0 amide bonds. The van der Waals surface area contributed by atoms with E-state index in [1.54, 1.807) is 0 Å². The van der Waals surface area contributed by atoms with Crippen LogP contribution in [0.15, 0.2) is 65.6 Å². The fourth-order valence-corrected chi connectivity index (χ4v) is 9.37. The van der Waals surface area contributed by atoms with Crippen molar-refractivity contribution in [3.8, 4) is 0 Å². The van der Waals surface area contributed by atoms with Crippen LogP contribution in [0.4, 0.5) is 0 Å². The summed E-state index contributed by atoms with van der Waals surface area (Å²) >= 11 is 5.89. The van der Waals surface area contributed by atoms with E-state index in [4.69, 9.17) is 11.6 Å². The average molecular weight is 495 g/mol. The molecule has 0 aliphatic carbocycles. The lowest BCUT2D eigenvalue weighted by molar-refractivity contribution is 0.113. The van der Waals surface area contributed by atoms with E-state index in [0.29, 0.717) is 18.1 Å². The average Bonchev–Trinajstić information content (AvgIpc) is 3.12. The molecule has 0 radical (unpaired) electrons. The van der Waals surface area contributed by atoms with Gasteiger partial charge in [-0.15, -0.1) is 0 Å². The summed E-state index contributed by atoms with van der Waals surface area (Å²) in [5, 5.41) is -0.518. The molecule has 2 atom stereocenters. The minimum Gasteiger partial charge on any atom is -0.297 e. The smallest absolute Gasteiger partial charge is 0.183 e. The first-order chi connectivity index (χ1) is 15.2. The molecule has 0 bridgehead atoms. The molecule has 0 aromatic heterocycles. The normalized spacial score (nSPS) is 24.8. The molecule has 2 heterocycles. The van der Waals surface area contributed by atoms with Gasteiger partial charge in [0.1, 0.15) is 0 Å². The van der Waals surface area contributed by atoms with Crippen molar-refractivity contribution in [2.24, 2.45) is 0 Å². The number of hydrogen-bond donors (Lipinski definition) is 0. The number of nitrogens with zero attached hydrogens (tertiary/aromatic N) is 2. The molecule has 0 unspecified atom stereocenters. The van der Waals surface area contributed by atoms with E-state index < -0.39 is 31.0 Å². The van der Waals surface area contributed by atoms with Crippen molar-refractivity contribution in [2.45, 2.75) is 16.2 Å². The highest BCUT2D eigenvalue weighted by Gasteiger charge is 2.48. The van der Waals surface area contributed by atoms with E-state index in [9.17, 15) is 16.8 Å². The molecule has 0 spiro atoms. The van der Waals surface area contributed by atoms with Crippen LogP contribution in [0.2, 0.25) is 5.02 Å². The van der Waals surface area contributed by atoms with Gasteiger partial charge in [0.25, 0.3) is 0 Å². The molecule has 2 aromatic carbocycles. The van der Waals surface area contributed by atoms with E-state index in [0.717, 1.165) is 25.2 Å². The number of piperazine rings is 1. The van der Waals surface area contributed by atoms with Gasteiger partial charge in [-0.1, -0.05) is 54.1 Å². The molecule has 9 heteroatoms. The largest absolute Gasteiger partial charge is 0.297 e. The van der Waals surface area contributed by atoms with Crippen LogP contribution in [0.1, 0.15) is 5.56 Å². The van der Waals surface area contributed by atoms with Gasteiger partial charge in [-0.05, 0) is 29.8 Å². The third-order valence-electron chi connectivity index (χ3n) is 6.16. The van der Waals surface area contributed by atoms with Gasteiger partial charge < -0.3 is 0 Å². The Morgan fingerprint density at radius 2 is 1.59 bits per heavy atom. The highest BCUT2D eigenvalue weighted by molar-refractivity contribution is 7.96. The molecule has 2 aliphatic heterocycles. The van der Waals surface area contributed by atoms with Crippen LogP contribution in [0.25, 0.3) is 6.08 Å². The summed E-state index contributed by atoms with van der Waals surface area (Å²) in [4.78, 5) is 4.46. The molecule has 2 aliphatic rings. The molecule has 2 fully saturated rings. The second kappa shape index (κ2) is 9.65. The summed E-state index contributed by atoms with van der Waals surface area (Å²) in [6.07, 6.45) is 4.21. The third kappa shape index (κ3) is 5.43. The molecule has 172 valence electrons. The monoisotopic (exact) mass is 494 g/mol. The second-order valence-corrected chi connectivity index (χ2v) is 13.1. The van der Waals surface area contributed by atoms with Crippen LogP contribution in [0, 0.1) is 0 Å². The van der Waals surface area contributed by atoms with Crippen molar-refractivity contribution in [1.29, 1.82) is 0 Å². The highest BCUT2D eigenvalue weighted by atomic mass is 35.5. The number of halogens is 1. The molecule has 4 rings (SSSR count). The number of benzene rings is 2. The first-order valence-electron chi connectivity index (χ1n) is 10.6. The van der Waals surface area contributed by atoms with Crippen molar-refractivity contribution < 1.29 is 16.8 Å². The minimum absolute atomic E-state index is 0.113. The lowest BCUT2D eigenvalue weighted by Gasteiger charge is -2.39. The molecule has 0 N–H and O–H groups in total. The summed E-state index contributed by atoms with van der Waals surface area (Å²) < 4.78 is 51.4. The van der Waals surface area contributed by atoms with Gasteiger partial charge in [-0.2, -0.15) is 0 Å². The van der Waals surface area contributed by atoms with Crippen LogP contribution in [-0.4, -0.2) is 82.2 Å². The summed E-state index contributed by atoms with van der Waals surface area (Å²) in [6, 6.07) is 15.5. The third-order valence-corrected chi connectivity index (χ3v) is 10.5. The Balaban J connectivity index is 1.42. The maximum atomic E-state index is 13.3. The van der Waals surface area contributed by atoms with Gasteiger partial charge in [-0.25, -0.2) is 16.8 Å². The Labute approximate surface area is 195 Å². The van der Waals surface area contributed by atoms with Crippen LogP contribution in [0.5, 0.6) is 0 Å². The molecule has 2 saturated heterocycles. The van der Waals surface area contributed by atoms with Crippen LogP contribution in [-0.2, 0) is 19.7 Å². The van der Waals surface area contributed by atoms with Gasteiger partial charge >= 0.3 is 0 Å². The summed E-state index contributed by atoms with van der Waals surface area (Å²) in [5.41, 5.74) is 1.15. The highest BCUT2D eigenvalue weighted by Crippen LogP contribution is 2.30. The van der Waals surface area contributed by atoms with E-state index in [-0.39, 0.29) is 16.4 Å². The van der Waals surface area contributed by atoms with Crippen molar-refractivity contribution >= 4 is 37.4 Å². The Morgan fingerprint density at radius 3 is 2.25 bits per heavy atom. The van der Waals surface area contributed by atoms with E-state index >= 15 is 0 Å². The molecule has 32 heavy (non-hydrogen) atoms. The van der Waals surface area contributed by atoms with Crippen LogP contribution < -0.4 is 0 Å². The number of sulfone groups is 2. The molecule has 0 saturated carbocycles. The maximum absolute atomic E-state index is 13.3. The predicted molar refractivity (Wildman–Crippen MR) is 128 cm³/mol. The topological polar surface area (TPSA) is 74.8 Å². The Hall–Kier alpha value is -1.71. The minimum atomic E-state index is -3.79. The predicted octanol–water partition coefficient (Wildman–Crippen LogP) is 2.61. The van der Waals surface area contributed by atoms with Gasteiger partial charge in [0.15, 0.2) is 19.7 Å². The Bertz CT molecular complexity index is 1160. The van der Waals surface area contributed by atoms with E-state index in [1.807, 2.05) is 23.1 Å². The van der Waals surface area contributed by atoms with Crippen molar-refractivity contribution in [1.82, 2.24) is 9.80 Å². The first-order valence-corrected chi connectivity index (χ1v) is 14.4. The molecule has 6 nitrogen and oxygen atoms in total. The standard InChI is InChI=1S/C23H27ClN2O4S2/c24-20-8-10-21(11-9-20)32(29,30)23-18-31(27,28)17-22(23)26-15-13-25(14-16-26)12-4-7-19-5-2-1-3-6-19/h1-11,22-23H,12-18H2/b7-4+/t22-,23-/m0/s1. The number of rotatable bonds is 6. The summed E-state index contributed by atoms with van der Waals surface area (Å²) in [6.45, 7) is 3.63. The molecule has 2 aromatic rings. The van der Waals surface area contributed by atoms with Gasteiger partial charge in [-0.3, -0.25) is 9.80 Å². The van der Waals surface area contributed by atoms with Gasteiger partial charge in [0.05, 0.1) is 21.7 Å². The first kappa shape index (κ1) is 23.4. The zero-order valence-corrected chi connectivity index (χ0v) is 20.1. The fourth-order valence-electron chi connectivity index (χ4n) is 4.41. The quantitative estimate of drug-likeness (QED) is 0.614. The van der Waals surface area contributed by atoms with Crippen molar-refractivity contribution in [3.05, 3.63) is 71.3 Å². The SMILES string of the molecule is O=S1(=O)C[C@H](N2CCN(C/C=C/c3ccccc3)CC2)[C@@H](S(=O)(=O)c2ccc(Cl)cc2)C1. The number of hydrogen-bond acceptors (Lipinski definition) is 6. The van der Waals surface area contributed by atoms with Crippen molar-refractivity contribution in [3.63, 3.8) is 0 Å². The van der Waals surface area contributed by atoms with Gasteiger partial charge in [0.2, 0.25) is 0 Å². The second-order valence-electron chi connectivity index (χ2n) is 8.33. The summed E-state index contributed by atoms with van der Waals surface area (Å²) in [5.74, 6) is -0.443. The fraction of sp³-hybridized carbons (Fsp3) is 0.391. The van der Waals surface area contributed by atoms with E-state index in [1.165, 1.54) is 24.3 Å². The zero-order chi connectivity index (χ0) is 22.8. The zero-order valence-electron chi connectivity index (χ0n) is 17.7. The van der Waals surface area contributed by atoms with Crippen molar-refractivity contribution in [2.75, 3.05) is 44.2 Å². The molecular weight excluding hydrogens is 468 g/mol. The molecular formula is C23H27ClN2O4S2. The Kier molecular flexibility index (Phi) is 7.07. The van der Waals surface area contributed by atoms with E-state index in [2.05, 4.69) is 29.2 Å². The van der Waals surface area contributed by atoms with Crippen LogP contribution >= 0.6 is 11.6 Å². The van der Waals surface area contributed by atoms with Gasteiger partial charge in [0, 0.05) is 43.8 Å². The van der Waals surface area contributed by atoms with Crippen LogP contribution in [0.3, 0.4) is 0 Å². The summed E-state index contributed by atoms with van der Waals surface area (Å²) in [7, 11) is -7.21. The Morgan fingerprint density at radius 1 is 0.938 bits per heavy atom. The lowest BCUT2D eigenvalue weighted by Crippen LogP contribution is -2.54.